The summed E-state index contributed by atoms with van der Waals surface area (Å²) in [6, 6.07) is 4.53. The largest absolute Gasteiger partial charge is 0.490 e. The molecule has 2 fully saturated rings. The van der Waals surface area contributed by atoms with Gasteiger partial charge in [-0.05, 0) is 36.3 Å². The minimum absolute atomic E-state index is 0.0438. The first kappa shape index (κ1) is 16.4. The van der Waals surface area contributed by atoms with Crippen LogP contribution in [0.4, 0.5) is 5.69 Å². The van der Waals surface area contributed by atoms with Crippen molar-refractivity contribution in [2.75, 3.05) is 7.11 Å². The lowest BCUT2D eigenvalue weighted by atomic mass is 9.90. The predicted molar refractivity (Wildman–Crippen MR) is 88.9 cm³/mol. The van der Waals surface area contributed by atoms with Crippen LogP contribution in [0.15, 0.2) is 23.3 Å². The molecule has 1 N–H and O–H groups in total. The highest BCUT2D eigenvalue weighted by atomic mass is 16.6. The molecule has 1 amide bonds. The van der Waals surface area contributed by atoms with E-state index in [0.717, 1.165) is 12.8 Å². The summed E-state index contributed by atoms with van der Waals surface area (Å²) in [5, 5.41) is 15.0. The van der Waals surface area contributed by atoms with Gasteiger partial charge in [-0.3, -0.25) is 14.9 Å². The van der Waals surface area contributed by atoms with Gasteiger partial charge in [0.15, 0.2) is 5.75 Å². The lowest BCUT2D eigenvalue weighted by Gasteiger charge is -2.15. The molecule has 3 rings (SSSR count). The average Bonchev–Trinajstić information content (AvgIpc) is 3.20. The van der Waals surface area contributed by atoms with E-state index in [4.69, 9.17) is 4.74 Å². The third kappa shape index (κ3) is 2.86. The number of hydrogen-bond acceptors (Lipinski definition) is 5. The Balaban J connectivity index is 1.64. The molecule has 7 heteroatoms. The van der Waals surface area contributed by atoms with Gasteiger partial charge in [-0.2, -0.15) is 5.10 Å². The summed E-state index contributed by atoms with van der Waals surface area (Å²) >= 11 is 0. The van der Waals surface area contributed by atoms with Crippen molar-refractivity contribution >= 4 is 17.8 Å². The summed E-state index contributed by atoms with van der Waals surface area (Å²) in [4.78, 5) is 22.8. The number of hydrazone groups is 1. The lowest BCUT2D eigenvalue weighted by Crippen LogP contribution is -2.22. The molecule has 1 aromatic carbocycles. The molecule has 0 aromatic heterocycles. The third-order valence-corrected chi connectivity index (χ3v) is 5.40. The number of amides is 1. The van der Waals surface area contributed by atoms with E-state index in [1.54, 1.807) is 6.07 Å². The Kier molecular flexibility index (Phi) is 4.26. The van der Waals surface area contributed by atoms with Gasteiger partial charge in [0.25, 0.3) is 0 Å². The number of carbonyl (C=O) groups excluding carboxylic acids is 1. The summed E-state index contributed by atoms with van der Waals surface area (Å²) in [5.74, 6) is 0.658. The Morgan fingerprint density at radius 2 is 2.29 bits per heavy atom. The molecular formula is C17H21N3O4. The molecule has 1 aromatic rings. The molecule has 0 aliphatic heterocycles. The quantitative estimate of drug-likeness (QED) is 0.510. The number of nitro groups is 1. The number of nitrogens with one attached hydrogen (secondary N) is 1. The number of nitro benzene ring substituents is 1. The second-order valence-corrected chi connectivity index (χ2v) is 6.76. The molecule has 3 atom stereocenters. The van der Waals surface area contributed by atoms with Crippen molar-refractivity contribution in [3.63, 3.8) is 0 Å². The van der Waals surface area contributed by atoms with E-state index in [2.05, 4.69) is 17.5 Å². The van der Waals surface area contributed by atoms with Crippen molar-refractivity contribution in [2.45, 2.75) is 32.6 Å². The fraction of sp³-hybridized carbons (Fsp3) is 0.529. The van der Waals surface area contributed by atoms with Crippen molar-refractivity contribution in [3.05, 3.63) is 33.9 Å². The van der Waals surface area contributed by atoms with Gasteiger partial charge in [-0.15, -0.1) is 0 Å². The number of nitrogens with zero attached hydrogens (tertiary/aromatic N) is 2. The zero-order valence-corrected chi connectivity index (χ0v) is 13.8. The highest BCUT2D eigenvalue weighted by Gasteiger charge is 2.64. The van der Waals surface area contributed by atoms with Crippen LogP contribution in [0.5, 0.6) is 5.75 Å². The number of hydrogen-bond donors (Lipinski definition) is 1. The van der Waals surface area contributed by atoms with Crippen LogP contribution in [0.1, 0.15) is 38.2 Å². The standard InChI is InChI=1S/C17H21N3O4/c1-17-8-4-3-5-12(17)15(17)16(21)19-18-10-11-6-7-14(24-2)13(9-11)20(22)23/h6-7,9-10,12,15H,3-5,8H2,1-2H3,(H,19,21)/b18-10-/t12-,15+,17+/m1/s1. The molecule has 128 valence electrons. The van der Waals surface area contributed by atoms with E-state index in [0.29, 0.717) is 11.5 Å². The monoisotopic (exact) mass is 331 g/mol. The molecule has 7 nitrogen and oxygen atoms in total. The van der Waals surface area contributed by atoms with E-state index in [1.165, 1.54) is 38.3 Å². The Hall–Kier alpha value is -2.44. The van der Waals surface area contributed by atoms with Crippen LogP contribution in [0.25, 0.3) is 0 Å². The van der Waals surface area contributed by atoms with E-state index >= 15 is 0 Å². The number of methoxy groups -OCH3 is 1. The first-order valence-corrected chi connectivity index (χ1v) is 8.12. The molecule has 0 spiro atoms. The van der Waals surface area contributed by atoms with Gasteiger partial charge in [0, 0.05) is 17.5 Å². The van der Waals surface area contributed by atoms with Crippen LogP contribution in [0.3, 0.4) is 0 Å². The van der Waals surface area contributed by atoms with Crippen LogP contribution in [0, 0.1) is 27.4 Å². The zero-order chi connectivity index (χ0) is 17.3. The SMILES string of the molecule is COc1ccc(/C=N\NC(=O)[C@@H]2[C@H]3CCCC[C@@]32C)cc1[N+](=O)[O-]. The van der Waals surface area contributed by atoms with Crippen LogP contribution in [-0.4, -0.2) is 24.2 Å². The Morgan fingerprint density at radius 1 is 1.50 bits per heavy atom. The van der Waals surface area contributed by atoms with Crippen molar-refractivity contribution in [1.29, 1.82) is 0 Å². The maximum atomic E-state index is 12.3. The molecule has 0 radical (unpaired) electrons. The lowest BCUT2D eigenvalue weighted by molar-refractivity contribution is -0.385. The molecule has 0 heterocycles. The second kappa shape index (κ2) is 6.22. The van der Waals surface area contributed by atoms with Crippen LogP contribution >= 0.6 is 0 Å². The van der Waals surface area contributed by atoms with Gasteiger partial charge in [0.1, 0.15) is 0 Å². The number of rotatable bonds is 5. The summed E-state index contributed by atoms with van der Waals surface area (Å²) in [5.41, 5.74) is 3.12. The van der Waals surface area contributed by atoms with Gasteiger partial charge < -0.3 is 4.74 Å². The topological polar surface area (TPSA) is 93.8 Å². The minimum Gasteiger partial charge on any atom is -0.490 e. The van der Waals surface area contributed by atoms with E-state index in [9.17, 15) is 14.9 Å². The average molecular weight is 331 g/mol. The van der Waals surface area contributed by atoms with Crippen LogP contribution in [-0.2, 0) is 4.79 Å². The maximum absolute atomic E-state index is 12.3. The van der Waals surface area contributed by atoms with Crippen molar-refractivity contribution < 1.29 is 14.5 Å². The van der Waals surface area contributed by atoms with Crippen molar-refractivity contribution in [1.82, 2.24) is 5.43 Å². The molecule has 0 unspecified atom stereocenters. The third-order valence-electron chi connectivity index (χ3n) is 5.40. The summed E-state index contributed by atoms with van der Waals surface area (Å²) in [7, 11) is 1.38. The minimum atomic E-state index is -0.509. The number of ether oxygens (including phenoxy) is 1. The van der Waals surface area contributed by atoms with Gasteiger partial charge >= 0.3 is 5.69 Å². The summed E-state index contributed by atoms with van der Waals surface area (Å²) < 4.78 is 4.95. The van der Waals surface area contributed by atoms with E-state index in [1.807, 2.05) is 0 Å². The molecule has 2 aliphatic rings. The molecule has 24 heavy (non-hydrogen) atoms. The summed E-state index contributed by atoms with van der Waals surface area (Å²) in [6.45, 7) is 2.18. The molecular weight excluding hydrogens is 310 g/mol. The normalized spacial score (nSPS) is 28.2. The molecule has 0 saturated heterocycles. The highest BCUT2D eigenvalue weighted by molar-refractivity contribution is 5.86. The van der Waals surface area contributed by atoms with Gasteiger partial charge in [-0.25, -0.2) is 5.43 Å². The fourth-order valence-corrected chi connectivity index (χ4v) is 4.02. The highest BCUT2D eigenvalue weighted by Crippen LogP contribution is 2.66. The first-order valence-electron chi connectivity index (χ1n) is 8.12. The Bertz CT molecular complexity index is 703. The van der Waals surface area contributed by atoms with Gasteiger partial charge in [-0.1, -0.05) is 19.8 Å². The van der Waals surface area contributed by atoms with Crippen molar-refractivity contribution in [2.24, 2.45) is 22.4 Å². The Morgan fingerprint density at radius 3 is 2.92 bits per heavy atom. The van der Waals surface area contributed by atoms with Crippen LogP contribution < -0.4 is 10.2 Å². The molecule has 2 saturated carbocycles. The maximum Gasteiger partial charge on any atom is 0.311 e. The number of carbonyl (C=O) groups is 1. The number of benzene rings is 1. The van der Waals surface area contributed by atoms with Gasteiger partial charge in [0.2, 0.25) is 5.91 Å². The zero-order valence-electron chi connectivity index (χ0n) is 13.8. The van der Waals surface area contributed by atoms with E-state index < -0.39 is 4.92 Å². The first-order chi connectivity index (χ1) is 11.5. The fourth-order valence-electron chi connectivity index (χ4n) is 4.02. The molecule has 2 aliphatic carbocycles. The Labute approximate surface area is 140 Å². The smallest absolute Gasteiger partial charge is 0.311 e. The second-order valence-electron chi connectivity index (χ2n) is 6.76. The van der Waals surface area contributed by atoms with Crippen LogP contribution in [0.2, 0.25) is 0 Å². The van der Waals surface area contributed by atoms with E-state index in [-0.39, 0.29) is 28.7 Å². The van der Waals surface area contributed by atoms with Crippen molar-refractivity contribution in [3.8, 4) is 5.75 Å². The van der Waals surface area contributed by atoms with Gasteiger partial charge in [0.05, 0.1) is 18.2 Å². The molecule has 0 bridgehead atoms. The number of fused-ring (bicyclic) bond motifs is 1. The summed E-state index contributed by atoms with van der Waals surface area (Å²) in [6.07, 6.45) is 6.02. The predicted octanol–water partition coefficient (Wildman–Crippen LogP) is 2.88.